The molecule has 2 aliphatic rings. The van der Waals surface area contributed by atoms with Crippen LogP contribution in [0.25, 0.3) is 0 Å². The van der Waals surface area contributed by atoms with Crippen molar-refractivity contribution in [2.24, 2.45) is 0 Å². The van der Waals surface area contributed by atoms with Gasteiger partial charge in [0.2, 0.25) is 5.91 Å². The molecule has 0 radical (unpaired) electrons. The second-order valence-corrected chi connectivity index (χ2v) is 11.1. The third-order valence-corrected chi connectivity index (χ3v) is 7.99. The largest absolute Gasteiger partial charge is 0.790 e. The normalized spacial score (nSPS) is 17.6. The summed E-state index contributed by atoms with van der Waals surface area (Å²) in [5.41, 5.74) is 2.35. The highest BCUT2D eigenvalue weighted by Gasteiger charge is 2.29. The number of unbranched alkanes of at least 4 members (excludes halogenated alkanes) is 1. The zero-order valence-corrected chi connectivity index (χ0v) is 23.0. The number of nitrogens with zero attached hydrogens (tertiary/aromatic N) is 3. The van der Waals surface area contributed by atoms with Crippen LogP contribution in [-0.2, 0) is 20.3 Å². The molecule has 0 bridgehead atoms. The molecule has 1 fully saturated rings. The number of benzene rings is 2. The van der Waals surface area contributed by atoms with Gasteiger partial charge in [-0.2, -0.15) is 0 Å². The Hall–Kier alpha value is -1.84. The van der Waals surface area contributed by atoms with Crippen LogP contribution in [0.3, 0.4) is 0 Å². The van der Waals surface area contributed by atoms with Crippen LogP contribution in [0, 0.1) is 0 Å². The average molecular weight is 570 g/mol. The topological polar surface area (TPSA) is 108 Å². The molecule has 0 spiro atoms. The summed E-state index contributed by atoms with van der Waals surface area (Å²) in [5, 5.41) is 1.17. The van der Waals surface area contributed by atoms with E-state index >= 15 is 0 Å². The number of carbonyl (C=O) groups is 1. The number of hydrogen-bond acceptors (Lipinski definition) is 8. The molecule has 1 unspecified atom stereocenters. The molecule has 12 heteroatoms. The van der Waals surface area contributed by atoms with Crippen molar-refractivity contribution >= 4 is 48.3 Å². The Balaban J connectivity index is 1.23. The van der Waals surface area contributed by atoms with Crippen molar-refractivity contribution in [3.8, 4) is 5.75 Å². The number of anilines is 2. The van der Waals surface area contributed by atoms with E-state index in [1.54, 1.807) is 12.1 Å². The number of piperazine rings is 1. The van der Waals surface area contributed by atoms with Crippen LogP contribution in [0.2, 0.25) is 10.0 Å². The van der Waals surface area contributed by atoms with Crippen molar-refractivity contribution < 1.29 is 28.4 Å². The van der Waals surface area contributed by atoms with E-state index in [0.29, 0.717) is 34.5 Å². The molecule has 37 heavy (non-hydrogen) atoms. The first kappa shape index (κ1) is 28.2. The monoisotopic (exact) mass is 569 g/mol. The maximum Gasteiger partial charge on any atom is 0.229 e. The molecule has 9 nitrogen and oxygen atoms in total. The van der Waals surface area contributed by atoms with Crippen LogP contribution < -0.4 is 24.3 Å². The lowest BCUT2D eigenvalue weighted by Crippen LogP contribution is -2.46. The molecule has 0 saturated carbocycles. The number of rotatable bonds is 10. The lowest BCUT2D eigenvalue weighted by Gasteiger charge is -2.39. The van der Waals surface area contributed by atoms with Gasteiger partial charge in [-0.15, -0.1) is 0 Å². The number of fused-ring (bicyclic) bond motifs is 1. The van der Waals surface area contributed by atoms with Crippen LogP contribution in [-0.4, -0.2) is 56.4 Å². The number of hydrogen-bond donors (Lipinski definition) is 0. The van der Waals surface area contributed by atoms with Crippen LogP contribution >= 0.6 is 31.0 Å². The fourth-order valence-corrected chi connectivity index (χ4v) is 5.66. The smallest absolute Gasteiger partial charge is 0.229 e. The maximum atomic E-state index is 12.5. The van der Waals surface area contributed by atoms with Gasteiger partial charge in [-0.3, -0.25) is 14.6 Å². The van der Waals surface area contributed by atoms with Crippen LogP contribution in [0.1, 0.15) is 31.7 Å². The predicted octanol–water partition coefficient (Wildman–Crippen LogP) is 3.45. The first-order chi connectivity index (χ1) is 17.6. The van der Waals surface area contributed by atoms with Gasteiger partial charge in [0.1, 0.15) is 12.0 Å². The summed E-state index contributed by atoms with van der Waals surface area (Å²) in [5.74, 6) is 0.272. The van der Waals surface area contributed by atoms with Crippen LogP contribution in [0.5, 0.6) is 5.75 Å². The van der Waals surface area contributed by atoms with E-state index in [1.165, 1.54) is 11.8 Å². The molecule has 1 atom stereocenters. The Bertz CT molecular complexity index is 1160. The third-order valence-electron chi connectivity index (χ3n) is 6.62. The van der Waals surface area contributed by atoms with E-state index in [0.717, 1.165) is 56.8 Å². The Kier molecular flexibility index (Phi) is 9.40. The minimum absolute atomic E-state index is 0.212. The second-order valence-electron chi connectivity index (χ2n) is 9.16. The molecule has 2 aliphatic heterocycles. The van der Waals surface area contributed by atoms with E-state index in [4.69, 9.17) is 27.9 Å². The molecule has 1 amide bonds. The van der Waals surface area contributed by atoms with Gasteiger partial charge < -0.3 is 28.5 Å². The van der Waals surface area contributed by atoms with E-state index in [2.05, 4.69) is 14.3 Å². The first-order valence-electron chi connectivity index (χ1n) is 12.3. The van der Waals surface area contributed by atoms with E-state index in [-0.39, 0.29) is 12.3 Å². The van der Waals surface area contributed by atoms with Gasteiger partial charge in [-0.1, -0.05) is 35.3 Å². The zero-order valence-electron chi connectivity index (χ0n) is 20.6. The van der Waals surface area contributed by atoms with E-state index in [9.17, 15) is 19.1 Å². The molecular weight excluding hydrogens is 540 g/mol. The number of phosphoric acid groups is 1. The van der Waals surface area contributed by atoms with Crippen molar-refractivity contribution in [1.29, 1.82) is 0 Å². The van der Waals surface area contributed by atoms with Crippen LogP contribution in [0.4, 0.5) is 11.4 Å². The van der Waals surface area contributed by atoms with Gasteiger partial charge in [0, 0.05) is 38.7 Å². The Morgan fingerprint density at radius 1 is 1.03 bits per heavy atom. The quantitative estimate of drug-likeness (QED) is 0.316. The Morgan fingerprint density at radius 2 is 1.78 bits per heavy atom. The maximum absolute atomic E-state index is 12.5. The minimum Gasteiger partial charge on any atom is -0.790 e. The first-order valence-corrected chi connectivity index (χ1v) is 14.5. The van der Waals surface area contributed by atoms with Gasteiger partial charge >= 0.3 is 0 Å². The molecule has 1 saturated heterocycles. The van der Waals surface area contributed by atoms with E-state index in [1.807, 2.05) is 24.3 Å². The summed E-state index contributed by atoms with van der Waals surface area (Å²) < 4.78 is 21.5. The molecule has 4 rings (SSSR count). The van der Waals surface area contributed by atoms with Crippen molar-refractivity contribution in [1.82, 2.24) is 4.90 Å². The molecular formula is C25H30Cl2N3O6P-2. The summed E-state index contributed by atoms with van der Waals surface area (Å²) in [7, 11) is -5.24. The van der Waals surface area contributed by atoms with Crippen molar-refractivity contribution in [3.05, 3.63) is 52.0 Å². The standard InChI is InChI=1S/C25H32Cl2N3O6P/c1-18(36-37(32,33)34)30-23-17-20(9-7-19(23)8-10-24(30)31)35-16-3-2-11-28-12-14-29(15-13-28)22-6-4-5-21(26)25(22)27/h4-7,9,17-18H,2-3,8,10-16H2,1H3,(H2,32,33,34)/p-2. The van der Waals surface area contributed by atoms with Gasteiger partial charge in [0.05, 0.1) is 35.8 Å². The third kappa shape index (κ3) is 7.39. The Morgan fingerprint density at radius 3 is 2.51 bits per heavy atom. The highest BCUT2D eigenvalue weighted by Crippen LogP contribution is 2.37. The number of aryl methyl sites for hydroxylation is 1. The number of halogens is 2. The number of phosphoric ester groups is 1. The second kappa shape index (κ2) is 12.3. The highest BCUT2D eigenvalue weighted by molar-refractivity contribution is 7.43. The number of carbonyl (C=O) groups excluding carboxylic acids is 1. The van der Waals surface area contributed by atoms with Gasteiger partial charge in [0.15, 0.2) is 0 Å². The van der Waals surface area contributed by atoms with Crippen LogP contribution in [0.15, 0.2) is 36.4 Å². The number of amides is 1. The minimum atomic E-state index is -5.24. The summed E-state index contributed by atoms with van der Waals surface area (Å²) in [6, 6.07) is 11.1. The molecule has 202 valence electrons. The average Bonchev–Trinajstić information content (AvgIpc) is 2.84. The fourth-order valence-electron chi connectivity index (χ4n) is 4.77. The van der Waals surface area contributed by atoms with Gasteiger partial charge in [-0.25, -0.2) is 0 Å². The predicted molar refractivity (Wildman–Crippen MR) is 140 cm³/mol. The lowest BCUT2D eigenvalue weighted by molar-refractivity contribution is -0.344. The molecule has 2 heterocycles. The summed E-state index contributed by atoms with van der Waals surface area (Å²) in [6.07, 6.45) is 1.35. The summed E-state index contributed by atoms with van der Waals surface area (Å²) in [4.78, 5) is 40.5. The van der Waals surface area contributed by atoms with Crippen molar-refractivity contribution in [3.63, 3.8) is 0 Å². The molecule has 2 aromatic carbocycles. The van der Waals surface area contributed by atoms with E-state index < -0.39 is 14.1 Å². The van der Waals surface area contributed by atoms with Gasteiger partial charge in [0.25, 0.3) is 0 Å². The zero-order chi connectivity index (χ0) is 26.6. The molecule has 0 aliphatic carbocycles. The fraction of sp³-hybridized carbons (Fsp3) is 0.480. The lowest BCUT2D eigenvalue weighted by atomic mass is 10.0. The Labute approximate surface area is 227 Å². The van der Waals surface area contributed by atoms with Crippen molar-refractivity contribution in [2.75, 3.05) is 49.1 Å². The molecule has 0 N–H and O–H groups in total. The number of ether oxygens (including phenoxy) is 1. The van der Waals surface area contributed by atoms with Crippen molar-refractivity contribution in [2.45, 2.75) is 38.8 Å². The molecule has 2 aromatic rings. The molecule has 0 aromatic heterocycles. The highest BCUT2D eigenvalue weighted by atomic mass is 35.5. The van der Waals surface area contributed by atoms with Gasteiger partial charge in [-0.05, 0) is 56.5 Å². The summed E-state index contributed by atoms with van der Waals surface area (Å²) >= 11 is 12.5. The SMILES string of the molecule is CC(OP(=O)([O-])[O-])N1C(=O)CCc2ccc(OCCCCN3CCN(c4cccc(Cl)c4Cl)CC3)cc21. The summed E-state index contributed by atoms with van der Waals surface area (Å²) in [6.45, 7) is 6.50.